The summed E-state index contributed by atoms with van der Waals surface area (Å²) in [5, 5.41) is 3.20. The first kappa shape index (κ1) is 8.52. The molecule has 1 saturated heterocycles. The summed E-state index contributed by atoms with van der Waals surface area (Å²) < 4.78 is 6.09. The van der Waals surface area contributed by atoms with Gasteiger partial charge in [-0.3, -0.25) is 0 Å². The van der Waals surface area contributed by atoms with Crippen LogP contribution in [0.4, 0.5) is 0 Å². The first-order valence-electron chi connectivity index (χ1n) is 5.17. The highest BCUT2D eigenvalue weighted by atomic mass is 16.5. The van der Waals surface area contributed by atoms with Gasteiger partial charge in [0.2, 0.25) is 0 Å². The monoisotopic (exact) mass is 169 g/mol. The van der Waals surface area contributed by atoms with Gasteiger partial charge in [-0.15, -0.1) is 0 Å². The molecular formula is C10H19NO. The molecule has 0 radical (unpaired) electrons. The van der Waals surface area contributed by atoms with Crippen LogP contribution in [0.3, 0.4) is 0 Å². The molecule has 2 nitrogen and oxygen atoms in total. The van der Waals surface area contributed by atoms with Gasteiger partial charge in [-0.05, 0) is 45.6 Å². The summed E-state index contributed by atoms with van der Waals surface area (Å²) in [5.41, 5.74) is 0.333. The summed E-state index contributed by atoms with van der Waals surface area (Å²) in [4.78, 5) is 0. The number of nitrogens with one attached hydrogen (secondary N) is 1. The lowest BCUT2D eigenvalue weighted by atomic mass is 9.74. The lowest BCUT2D eigenvalue weighted by Gasteiger charge is -2.47. The van der Waals surface area contributed by atoms with Crippen LogP contribution in [-0.4, -0.2) is 25.3 Å². The Morgan fingerprint density at radius 1 is 1.33 bits per heavy atom. The topological polar surface area (TPSA) is 21.3 Å². The Labute approximate surface area is 74.7 Å². The van der Waals surface area contributed by atoms with Gasteiger partial charge < -0.3 is 10.1 Å². The van der Waals surface area contributed by atoms with E-state index in [2.05, 4.69) is 5.32 Å². The molecule has 2 aliphatic rings. The SMILES string of the molecule is CNCC1CCCC2(CCC2)O1. The maximum Gasteiger partial charge on any atom is 0.0706 e. The fourth-order valence-electron chi connectivity index (χ4n) is 2.43. The summed E-state index contributed by atoms with van der Waals surface area (Å²) in [6.07, 6.45) is 8.43. The molecule has 12 heavy (non-hydrogen) atoms. The fourth-order valence-corrected chi connectivity index (χ4v) is 2.43. The van der Waals surface area contributed by atoms with Crippen molar-refractivity contribution < 1.29 is 4.74 Å². The predicted molar refractivity (Wildman–Crippen MR) is 49.2 cm³/mol. The Balaban J connectivity index is 1.85. The van der Waals surface area contributed by atoms with Crippen LogP contribution in [0.15, 0.2) is 0 Å². The zero-order valence-electron chi connectivity index (χ0n) is 7.94. The van der Waals surface area contributed by atoms with Gasteiger partial charge in [-0.1, -0.05) is 0 Å². The fraction of sp³-hybridized carbons (Fsp3) is 1.00. The summed E-state index contributed by atoms with van der Waals surface area (Å²) in [7, 11) is 2.01. The van der Waals surface area contributed by atoms with Crippen molar-refractivity contribution in [3.8, 4) is 0 Å². The Morgan fingerprint density at radius 2 is 2.08 bits per heavy atom. The van der Waals surface area contributed by atoms with Crippen LogP contribution in [0.1, 0.15) is 38.5 Å². The van der Waals surface area contributed by atoms with Crippen molar-refractivity contribution in [3.05, 3.63) is 0 Å². The minimum absolute atomic E-state index is 0.333. The number of hydrogen-bond acceptors (Lipinski definition) is 2. The van der Waals surface area contributed by atoms with E-state index in [-0.39, 0.29) is 0 Å². The average molecular weight is 169 g/mol. The summed E-state index contributed by atoms with van der Waals surface area (Å²) in [6, 6.07) is 0. The molecule has 0 aromatic carbocycles. The van der Waals surface area contributed by atoms with Gasteiger partial charge in [0.05, 0.1) is 11.7 Å². The molecule has 0 aromatic heterocycles. The molecule has 2 heteroatoms. The molecule has 0 amide bonds. The van der Waals surface area contributed by atoms with Gasteiger partial charge in [0, 0.05) is 6.54 Å². The molecule has 1 aliphatic carbocycles. The number of rotatable bonds is 2. The smallest absolute Gasteiger partial charge is 0.0706 e. The average Bonchev–Trinajstić information content (AvgIpc) is 2.03. The van der Waals surface area contributed by atoms with Crippen molar-refractivity contribution in [2.24, 2.45) is 0 Å². The van der Waals surface area contributed by atoms with Gasteiger partial charge in [-0.2, -0.15) is 0 Å². The zero-order chi connectivity index (χ0) is 8.44. The molecule has 0 aromatic rings. The molecule has 1 N–H and O–H groups in total. The Morgan fingerprint density at radius 3 is 2.67 bits per heavy atom. The van der Waals surface area contributed by atoms with Crippen molar-refractivity contribution in [2.45, 2.75) is 50.2 Å². The third-order valence-corrected chi connectivity index (χ3v) is 3.27. The molecule has 1 heterocycles. The van der Waals surface area contributed by atoms with E-state index in [1.54, 1.807) is 0 Å². The molecule has 1 unspecified atom stereocenters. The summed E-state index contributed by atoms with van der Waals surface area (Å²) in [6.45, 7) is 1.03. The van der Waals surface area contributed by atoms with Gasteiger partial charge in [0.25, 0.3) is 0 Å². The third kappa shape index (κ3) is 1.50. The van der Waals surface area contributed by atoms with Crippen molar-refractivity contribution >= 4 is 0 Å². The van der Waals surface area contributed by atoms with Gasteiger partial charge >= 0.3 is 0 Å². The third-order valence-electron chi connectivity index (χ3n) is 3.27. The predicted octanol–water partition coefficient (Wildman–Crippen LogP) is 1.70. The molecule has 2 fully saturated rings. The van der Waals surface area contributed by atoms with E-state index in [1.165, 1.54) is 38.5 Å². The van der Waals surface area contributed by atoms with Crippen molar-refractivity contribution in [1.29, 1.82) is 0 Å². The van der Waals surface area contributed by atoms with E-state index in [0.29, 0.717) is 11.7 Å². The van der Waals surface area contributed by atoms with Crippen LogP contribution >= 0.6 is 0 Å². The van der Waals surface area contributed by atoms with Crippen molar-refractivity contribution in [2.75, 3.05) is 13.6 Å². The second-order valence-electron chi connectivity index (χ2n) is 4.23. The lowest BCUT2D eigenvalue weighted by molar-refractivity contribution is -0.166. The number of likely N-dealkylation sites (N-methyl/N-ethyl adjacent to an activating group) is 1. The summed E-state index contributed by atoms with van der Waals surface area (Å²) in [5.74, 6) is 0. The maximum absolute atomic E-state index is 6.09. The van der Waals surface area contributed by atoms with Crippen LogP contribution in [0, 0.1) is 0 Å². The van der Waals surface area contributed by atoms with E-state index >= 15 is 0 Å². The van der Waals surface area contributed by atoms with Crippen LogP contribution < -0.4 is 5.32 Å². The van der Waals surface area contributed by atoms with Crippen LogP contribution in [0.5, 0.6) is 0 Å². The van der Waals surface area contributed by atoms with E-state index in [0.717, 1.165) is 6.54 Å². The van der Waals surface area contributed by atoms with Gasteiger partial charge in [0.15, 0.2) is 0 Å². The maximum atomic E-state index is 6.09. The Hall–Kier alpha value is -0.0800. The second kappa shape index (κ2) is 3.35. The molecule has 1 spiro atoms. The van der Waals surface area contributed by atoms with E-state index < -0.39 is 0 Å². The molecule has 2 rings (SSSR count). The number of ether oxygens (including phenoxy) is 1. The van der Waals surface area contributed by atoms with Crippen LogP contribution in [-0.2, 0) is 4.74 Å². The summed E-state index contributed by atoms with van der Waals surface area (Å²) >= 11 is 0. The minimum Gasteiger partial charge on any atom is -0.370 e. The van der Waals surface area contributed by atoms with Crippen molar-refractivity contribution in [3.63, 3.8) is 0 Å². The Bertz CT molecular complexity index is 152. The standard InChI is InChI=1S/C10H19NO/c1-11-8-9-4-2-5-10(12-9)6-3-7-10/h9,11H,2-8H2,1H3. The normalized spacial score (nSPS) is 33.2. The molecule has 1 aliphatic heterocycles. The quantitative estimate of drug-likeness (QED) is 0.679. The first-order chi connectivity index (χ1) is 5.85. The number of hydrogen-bond donors (Lipinski definition) is 1. The van der Waals surface area contributed by atoms with E-state index in [9.17, 15) is 0 Å². The lowest BCUT2D eigenvalue weighted by Crippen LogP contribution is -2.48. The molecular weight excluding hydrogens is 150 g/mol. The highest BCUT2D eigenvalue weighted by Crippen LogP contribution is 2.43. The first-order valence-corrected chi connectivity index (χ1v) is 5.17. The highest BCUT2D eigenvalue weighted by Gasteiger charge is 2.41. The molecule has 70 valence electrons. The van der Waals surface area contributed by atoms with E-state index in [1.807, 2.05) is 7.05 Å². The zero-order valence-corrected chi connectivity index (χ0v) is 7.94. The largest absolute Gasteiger partial charge is 0.370 e. The highest BCUT2D eigenvalue weighted by molar-refractivity contribution is 4.93. The van der Waals surface area contributed by atoms with Crippen LogP contribution in [0.25, 0.3) is 0 Å². The molecule has 1 atom stereocenters. The van der Waals surface area contributed by atoms with Crippen molar-refractivity contribution in [1.82, 2.24) is 5.32 Å². The second-order valence-corrected chi connectivity index (χ2v) is 4.23. The van der Waals surface area contributed by atoms with Gasteiger partial charge in [-0.25, -0.2) is 0 Å². The van der Waals surface area contributed by atoms with Gasteiger partial charge in [0.1, 0.15) is 0 Å². The minimum atomic E-state index is 0.333. The molecule has 1 saturated carbocycles. The van der Waals surface area contributed by atoms with Crippen LogP contribution in [0.2, 0.25) is 0 Å². The van der Waals surface area contributed by atoms with E-state index in [4.69, 9.17) is 4.74 Å². The molecule has 0 bridgehead atoms. The Kier molecular flexibility index (Phi) is 2.37.